The van der Waals surface area contributed by atoms with Gasteiger partial charge in [-0.05, 0) is 18.6 Å². The van der Waals surface area contributed by atoms with Gasteiger partial charge < -0.3 is 0 Å². The van der Waals surface area contributed by atoms with Crippen LogP contribution in [0.2, 0.25) is 10.0 Å². The zero-order valence-corrected chi connectivity index (χ0v) is 13.3. The maximum absolute atomic E-state index is 12.1. The Labute approximate surface area is 125 Å². The van der Waals surface area contributed by atoms with Crippen molar-refractivity contribution in [3.63, 3.8) is 0 Å². The number of hydrogen-bond donors (Lipinski definition) is 1. The van der Waals surface area contributed by atoms with Crippen molar-refractivity contribution in [2.45, 2.75) is 24.3 Å². The Morgan fingerprint density at radius 2 is 1.94 bits per heavy atom. The first kappa shape index (κ1) is 15.8. The maximum Gasteiger partial charge on any atom is 0.244 e. The molecule has 0 radical (unpaired) electrons. The van der Waals surface area contributed by atoms with Crippen molar-refractivity contribution >= 4 is 49.2 Å². The Hall–Kier alpha value is -0.250. The van der Waals surface area contributed by atoms with E-state index < -0.39 is 16.1 Å². The van der Waals surface area contributed by atoms with Crippen LogP contribution >= 0.6 is 39.1 Å². The summed E-state index contributed by atoms with van der Waals surface area (Å²) in [4.78, 5) is -0.164. The molecule has 7 heteroatoms. The van der Waals surface area contributed by atoms with Gasteiger partial charge in [0.25, 0.3) is 0 Å². The molecule has 0 saturated heterocycles. The third-order valence-corrected chi connectivity index (χ3v) is 4.99. The quantitative estimate of drug-likeness (QED) is 0.825. The number of halogens is 3. The largest absolute Gasteiger partial charge is 0.244 e. The van der Waals surface area contributed by atoms with Crippen LogP contribution in [0.15, 0.2) is 21.5 Å². The summed E-state index contributed by atoms with van der Waals surface area (Å²) in [6.07, 6.45) is 5.69. The molecule has 1 atom stereocenters. The summed E-state index contributed by atoms with van der Waals surface area (Å²) < 4.78 is 27.2. The summed E-state index contributed by atoms with van der Waals surface area (Å²) in [6, 6.07) is 2.32. The highest BCUT2D eigenvalue weighted by molar-refractivity contribution is 9.10. The van der Waals surface area contributed by atoms with Gasteiger partial charge in [0, 0.05) is 4.47 Å². The first-order valence-corrected chi connectivity index (χ1v) is 7.98. The Morgan fingerprint density at radius 3 is 2.33 bits per heavy atom. The lowest BCUT2D eigenvalue weighted by Crippen LogP contribution is -2.33. The van der Waals surface area contributed by atoms with E-state index in [1.165, 1.54) is 12.1 Å². The van der Waals surface area contributed by atoms with Gasteiger partial charge in [0.05, 0.1) is 16.1 Å². The third kappa shape index (κ3) is 3.62. The molecule has 0 fully saturated rings. The molecule has 0 aliphatic rings. The predicted molar refractivity (Wildman–Crippen MR) is 77.4 cm³/mol. The van der Waals surface area contributed by atoms with E-state index in [9.17, 15) is 8.42 Å². The summed E-state index contributed by atoms with van der Waals surface area (Å²) in [6.45, 7) is 1.78. The summed E-state index contributed by atoms with van der Waals surface area (Å²) >= 11 is 15.0. The molecule has 3 nitrogen and oxygen atoms in total. The normalized spacial score (nSPS) is 13.1. The molecule has 0 aliphatic carbocycles. The minimum Gasteiger partial charge on any atom is -0.207 e. The van der Waals surface area contributed by atoms with Crippen molar-refractivity contribution < 1.29 is 8.42 Å². The highest BCUT2D eigenvalue weighted by atomic mass is 79.9. The minimum absolute atomic E-state index is 0.0359. The molecule has 0 spiro atoms. The van der Waals surface area contributed by atoms with E-state index in [1.54, 1.807) is 6.92 Å². The van der Waals surface area contributed by atoms with E-state index in [2.05, 4.69) is 26.6 Å². The first-order valence-electron chi connectivity index (χ1n) is 4.94. The fourth-order valence-corrected chi connectivity index (χ4v) is 4.44. The number of terminal acetylenes is 1. The van der Waals surface area contributed by atoms with E-state index in [-0.39, 0.29) is 14.9 Å². The lowest BCUT2D eigenvalue weighted by Gasteiger charge is -2.13. The second-order valence-corrected chi connectivity index (χ2v) is 6.83. The molecule has 1 aromatic rings. The molecule has 1 N–H and O–H groups in total. The van der Waals surface area contributed by atoms with Crippen LogP contribution in [0.5, 0.6) is 0 Å². The van der Waals surface area contributed by atoms with Crippen LogP contribution < -0.4 is 4.72 Å². The predicted octanol–water partition coefficient (Wildman–Crippen LogP) is 3.45. The molecule has 0 aromatic heterocycles. The Kier molecular flexibility index (Phi) is 5.50. The molecule has 0 bridgehead atoms. The van der Waals surface area contributed by atoms with Crippen molar-refractivity contribution in [2.24, 2.45) is 0 Å². The van der Waals surface area contributed by atoms with E-state index in [0.717, 1.165) is 0 Å². The lowest BCUT2D eigenvalue weighted by molar-refractivity contribution is 0.570. The van der Waals surface area contributed by atoms with Crippen LogP contribution in [0.25, 0.3) is 0 Å². The Bertz CT molecular complexity index is 573. The number of nitrogens with one attached hydrogen (secondary N) is 1. The van der Waals surface area contributed by atoms with Crippen LogP contribution in [0.4, 0.5) is 0 Å². The summed E-state index contributed by atoms with van der Waals surface area (Å²) in [5.74, 6) is 2.34. The van der Waals surface area contributed by atoms with Gasteiger partial charge in [-0.3, -0.25) is 0 Å². The molecular weight excluding hydrogens is 361 g/mol. The Balaban J connectivity index is 3.26. The van der Waals surface area contributed by atoms with Gasteiger partial charge in [0.1, 0.15) is 4.90 Å². The minimum atomic E-state index is -3.84. The van der Waals surface area contributed by atoms with Gasteiger partial charge in [0.15, 0.2) is 0 Å². The summed E-state index contributed by atoms with van der Waals surface area (Å²) in [5.41, 5.74) is 0. The van der Waals surface area contributed by atoms with Gasteiger partial charge >= 0.3 is 0 Å². The van der Waals surface area contributed by atoms with Gasteiger partial charge in [-0.1, -0.05) is 52.0 Å². The van der Waals surface area contributed by atoms with Crippen molar-refractivity contribution in [2.75, 3.05) is 0 Å². The summed E-state index contributed by atoms with van der Waals surface area (Å²) in [7, 11) is -3.84. The number of benzene rings is 1. The number of sulfonamides is 1. The van der Waals surface area contributed by atoms with Crippen molar-refractivity contribution in [3.8, 4) is 12.3 Å². The van der Waals surface area contributed by atoms with Gasteiger partial charge in [-0.15, -0.1) is 6.42 Å². The van der Waals surface area contributed by atoms with Crippen molar-refractivity contribution in [3.05, 3.63) is 26.7 Å². The number of rotatable bonds is 4. The van der Waals surface area contributed by atoms with Crippen LogP contribution in [0, 0.1) is 12.3 Å². The monoisotopic (exact) mass is 369 g/mol. The van der Waals surface area contributed by atoms with Crippen molar-refractivity contribution in [1.82, 2.24) is 4.72 Å². The summed E-state index contributed by atoms with van der Waals surface area (Å²) in [5, 5.41) is 0.0718. The second-order valence-electron chi connectivity index (χ2n) is 3.45. The fraction of sp³-hybridized carbons (Fsp3) is 0.273. The smallest absolute Gasteiger partial charge is 0.207 e. The van der Waals surface area contributed by atoms with Crippen LogP contribution in [0.1, 0.15) is 13.3 Å². The Morgan fingerprint density at radius 1 is 1.44 bits per heavy atom. The average Bonchev–Trinajstić information content (AvgIpc) is 2.23. The topological polar surface area (TPSA) is 46.2 Å². The van der Waals surface area contributed by atoms with Gasteiger partial charge in [0.2, 0.25) is 10.0 Å². The van der Waals surface area contributed by atoms with Crippen molar-refractivity contribution in [1.29, 1.82) is 0 Å². The fourth-order valence-electron chi connectivity index (χ4n) is 1.27. The maximum atomic E-state index is 12.1. The first-order chi connectivity index (χ1) is 8.31. The average molecular weight is 371 g/mol. The molecule has 1 aromatic carbocycles. The number of hydrogen-bond acceptors (Lipinski definition) is 2. The molecule has 98 valence electrons. The standard InChI is InChI=1S/C11H10BrCl2NO2S/c1-3-8(4-2)15-18(16,17)11-9(13)5-7(12)6-10(11)14/h1,5-6,8,15H,4H2,2H3. The zero-order valence-electron chi connectivity index (χ0n) is 9.38. The molecule has 0 amide bonds. The van der Waals surface area contributed by atoms with Crippen LogP contribution in [0.3, 0.4) is 0 Å². The third-order valence-electron chi connectivity index (χ3n) is 2.14. The van der Waals surface area contributed by atoms with Crippen LogP contribution in [-0.2, 0) is 10.0 Å². The van der Waals surface area contributed by atoms with Crippen LogP contribution in [-0.4, -0.2) is 14.5 Å². The SMILES string of the molecule is C#CC(CC)NS(=O)(=O)c1c(Cl)cc(Br)cc1Cl. The molecular formula is C11H10BrCl2NO2S. The molecule has 1 unspecified atom stereocenters. The molecule has 0 heterocycles. The van der Waals surface area contributed by atoms with E-state index in [1.807, 2.05) is 0 Å². The van der Waals surface area contributed by atoms with Gasteiger partial charge in [-0.25, -0.2) is 8.42 Å². The highest BCUT2D eigenvalue weighted by Crippen LogP contribution is 2.32. The molecule has 0 saturated carbocycles. The van der Waals surface area contributed by atoms with E-state index in [0.29, 0.717) is 10.9 Å². The highest BCUT2D eigenvalue weighted by Gasteiger charge is 2.24. The van der Waals surface area contributed by atoms with E-state index in [4.69, 9.17) is 29.6 Å². The van der Waals surface area contributed by atoms with Gasteiger partial charge in [-0.2, -0.15) is 4.72 Å². The second kappa shape index (κ2) is 6.27. The molecule has 18 heavy (non-hydrogen) atoms. The zero-order chi connectivity index (χ0) is 13.9. The molecule has 1 rings (SSSR count). The van der Waals surface area contributed by atoms with E-state index >= 15 is 0 Å². The lowest BCUT2D eigenvalue weighted by atomic mass is 10.3. The molecule has 0 aliphatic heterocycles.